The summed E-state index contributed by atoms with van der Waals surface area (Å²) < 4.78 is 0. The molecule has 0 aromatic heterocycles. The molecule has 0 saturated carbocycles. The first-order valence-electron chi connectivity index (χ1n) is 6.54. The van der Waals surface area contributed by atoms with Gasteiger partial charge in [-0.15, -0.1) is 0 Å². The van der Waals surface area contributed by atoms with Crippen LogP contribution in [-0.2, 0) is 0 Å². The number of hydrogen-bond acceptors (Lipinski definition) is 4. The van der Waals surface area contributed by atoms with Crippen LogP contribution in [0.4, 0.5) is 5.69 Å². The smallest absolute Gasteiger partial charge is 0.335 e. The van der Waals surface area contributed by atoms with Crippen LogP contribution in [0.2, 0.25) is 0 Å². The summed E-state index contributed by atoms with van der Waals surface area (Å²) in [6.45, 7) is 6.56. The Morgan fingerprint density at radius 3 is 2.47 bits per heavy atom. The number of anilines is 1. The first-order valence-corrected chi connectivity index (χ1v) is 6.54. The summed E-state index contributed by atoms with van der Waals surface area (Å²) in [5.41, 5.74) is 2.43. The van der Waals surface area contributed by atoms with E-state index in [1.165, 1.54) is 0 Å². The van der Waals surface area contributed by atoms with E-state index in [9.17, 15) is 4.79 Å². The van der Waals surface area contributed by atoms with Crippen LogP contribution in [0.5, 0.6) is 0 Å². The highest BCUT2D eigenvalue weighted by molar-refractivity contribution is 5.88. The number of aromatic carboxylic acids is 1. The molecule has 1 heterocycles. The number of carboxylic acid groups (broad SMARTS) is 1. The van der Waals surface area contributed by atoms with Crippen molar-refractivity contribution in [3.8, 4) is 0 Å². The Morgan fingerprint density at radius 2 is 1.95 bits per heavy atom. The average Bonchev–Trinajstić information content (AvgIpc) is 2.40. The molecule has 19 heavy (non-hydrogen) atoms. The van der Waals surface area contributed by atoms with E-state index in [4.69, 9.17) is 10.2 Å². The van der Waals surface area contributed by atoms with Gasteiger partial charge in [0.25, 0.3) is 0 Å². The molecule has 0 bridgehead atoms. The van der Waals surface area contributed by atoms with E-state index in [2.05, 4.69) is 9.80 Å². The maximum atomic E-state index is 10.9. The molecule has 5 nitrogen and oxygen atoms in total. The third-order valence-electron chi connectivity index (χ3n) is 3.57. The maximum Gasteiger partial charge on any atom is 0.335 e. The van der Waals surface area contributed by atoms with Crippen LogP contribution in [0.25, 0.3) is 0 Å². The lowest BCUT2D eigenvalue weighted by molar-refractivity contribution is 0.0697. The second-order valence-corrected chi connectivity index (χ2v) is 4.86. The summed E-state index contributed by atoms with van der Waals surface area (Å²) in [6.07, 6.45) is 0. The van der Waals surface area contributed by atoms with Gasteiger partial charge in [0.05, 0.1) is 12.2 Å². The predicted octanol–water partition coefficient (Wildman–Crippen LogP) is 0.808. The zero-order valence-corrected chi connectivity index (χ0v) is 11.2. The minimum absolute atomic E-state index is 0.201. The summed E-state index contributed by atoms with van der Waals surface area (Å²) in [6, 6.07) is 5.27. The maximum absolute atomic E-state index is 10.9. The second kappa shape index (κ2) is 6.04. The standard InChI is InChI=1S/C14H20N2O3/c1-11-10-12(14(18)19)2-3-13(11)16-6-4-15(5-7-16)8-9-17/h2-3,10,17H,4-9H2,1H3,(H,18,19). The van der Waals surface area contributed by atoms with Crippen molar-refractivity contribution in [2.24, 2.45) is 0 Å². The van der Waals surface area contributed by atoms with E-state index >= 15 is 0 Å². The van der Waals surface area contributed by atoms with Crippen molar-refractivity contribution in [2.75, 3.05) is 44.2 Å². The summed E-state index contributed by atoms with van der Waals surface area (Å²) in [5.74, 6) is -0.887. The van der Waals surface area contributed by atoms with E-state index in [-0.39, 0.29) is 6.61 Å². The molecule has 2 N–H and O–H groups in total. The molecule has 1 saturated heterocycles. The van der Waals surface area contributed by atoms with Gasteiger partial charge in [-0.3, -0.25) is 4.90 Å². The van der Waals surface area contributed by atoms with E-state index in [1.807, 2.05) is 13.0 Å². The van der Waals surface area contributed by atoms with Crippen LogP contribution in [-0.4, -0.2) is 60.4 Å². The lowest BCUT2D eigenvalue weighted by Gasteiger charge is -2.36. The van der Waals surface area contributed by atoms with Crippen molar-refractivity contribution in [1.82, 2.24) is 4.90 Å². The number of piperazine rings is 1. The fourth-order valence-corrected chi connectivity index (χ4v) is 2.50. The van der Waals surface area contributed by atoms with Crippen molar-refractivity contribution >= 4 is 11.7 Å². The van der Waals surface area contributed by atoms with Crippen LogP contribution < -0.4 is 4.90 Å². The molecular formula is C14H20N2O3. The number of benzene rings is 1. The third kappa shape index (κ3) is 3.24. The third-order valence-corrected chi connectivity index (χ3v) is 3.57. The minimum Gasteiger partial charge on any atom is -0.478 e. The lowest BCUT2D eigenvalue weighted by atomic mass is 10.1. The largest absolute Gasteiger partial charge is 0.478 e. The summed E-state index contributed by atoms with van der Waals surface area (Å²) >= 11 is 0. The van der Waals surface area contributed by atoms with Gasteiger partial charge in [0.2, 0.25) is 0 Å². The summed E-state index contributed by atoms with van der Waals surface area (Å²) in [4.78, 5) is 15.4. The van der Waals surface area contributed by atoms with Gasteiger partial charge < -0.3 is 15.1 Å². The molecule has 0 amide bonds. The molecule has 1 aliphatic heterocycles. The number of β-amino-alcohol motifs (C(OH)–C–C–N with tert-alkyl or cyclic N) is 1. The van der Waals surface area contributed by atoms with Gasteiger partial charge in [0, 0.05) is 38.4 Å². The number of aryl methyl sites for hydroxylation is 1. The van der Waals surface area contributed by atoms with E-state index < -0.39 is 5.97 Å². The average molecular weight is 264 g/mol. The molecule has 0 spiro atoms. The normalized spacial score (nSPS) is 16.6. The zero-order chi connectivity index (χ0) is 13.8. The van der Waals surface area contributed by atoms with Crippen molar-refractivity contribution < 1.29 is 15.0 Å². The fourth-order valence-electron chi connectivity index (χ4n) is 2.50. The number of aliphatic hydroxyl groups is 1. The Bertz CT molecular complexity index is 454. The highest BCUT2D eigenvalue weighted by Gasteiger charge is 2.18. The SMILES string of the molecule is Cc1cc(C(=O)O)ccc1N1CCN(CCO)CC1. The van der Waals surface area contributed by atoms with Crippen LogP contribution in [0, 0.1) is 6.92 Å². The van der Waals surface area contributed by atoms with Crippen LogP contribution in [0.15, 0.2) is 18.2 Å². The van der Waals surface area contributed by atoms with Gasteiger partial charge in [0.1, 0.15) is 0 Å². The van der Waals surface area contributed by atoms with E-state index in [1.54, 1.807) is 12.1 Å². The van der Waals surface area contributed by atoms with Crippen molar-refractivity contribution in [3.05, 3.63) is 29.3 Å². The van der Waals surface area contributed by atoms with E-state index in [0.717, 1.165) is 44.0 Å². The van der Waals surface area contributed by atoms with Crippen LogP contribution in [0.3, 0.4) is 0 Å². The van der Waals surface area contributed by atoms with Crippen molar-refractivity contribution in [3.63, 3.8) is 0 Å². The molecule has 5 heteroatoms. The molecule has 1 aliphatic rings. The first-order chi connectivity index (χ1) is 9.11. The highest BCUT2D eigenvalue weighted by atomic mass is 16.4. The monoisotopic (exact) mass is 264 g/mol. The fraction of sp³-hybridized carbons (Fsp3) is 0.500. The molecule has 0 aliphatic carbocycles. The number of carbonyl (C=O) groups is 1. The number of nitrogens with zero attached hydrogens (tertiary/aromatic N) is 2. The molecule has 0 radical (unpaired) electrons. The number of aliphatic hydroxyl groups excluding tert-OH is 1. The van der Waals surface area contributed by atoms with E-state index in [0.29, 0.717) is 5.56 Å². The Hall–Kier alpha value is -1.59. The summed E-state index contributed by atoms with van der Waals surface area (Å²) in [7, 11) is 0. The number of hydrogen-bond donors (Lipinski definition) is 2. The van der Waals surface area contributed by atoms with Crippen LogP contribution >= 0.6 is 0 Å². The molecule has 1 fully saturated rings. The van der Waals surface area contributed by atoms with Gasteiger partial charge >= 0.3 is 5.97 Å². The lowest BCUT2D eigenvalue weighted by Crippen LogP contribution is -2.47. The van der Waals surface area contributed by atoms with Crippen molar-refractivity contribution in [2.45, 2.75) is 6.92 Å². The van der Waals surface area contributed by atoms with Gasteiger partial charge in [0.15, 0.2) is 0 Å². The molecule has 0 atom stereocenters. The molecule has 1 aromatic carbocycles. The first kappa shape index (κ1) is 13.8. The molecule has 2 rings (SSSR count). The number of rotatable bonds is 4. The van der Waals surface area contributed by atoms with Gasteiger partial charge in [-0.05, 0) is 30.7 Å². The molecular weight excluding hydrogens is 244 g/mol. The van der Waals surface area contributed by atoms with Gasteiger partial charge in [-0.2, -0.15) is 0 Å². The van der Waals surface area contributed by atoms with Gasteiger partial charge in [-0.1, -0.05) is 0 Å². The minimum atomic E-state index is -0.887. The zero-order valence-electron chi connectivity index (χ0n) is 11.2. The topological polar surface area (TPSA) is 64.0 Å². The Morgan fingerprint density at radius 1 is 1.26 bits per heavy atom. The predicted molar refractivity (Wildman–Crippen MR) is 73.9 cm³/mol. The highest BCUT2D eigenvalue weighted by Crippen LogP contribution is 2.22. The Labute approximate surface area is 113 Å². The molecule has 1 aromatic rings. The summed E-state index contributed by atoms with van der Waals surface area (Å²) in [5, 5.41) is 17.9. The number of carboxylic acids is 1. The molecule has 104 valence electrons. The second-order valence-electron chi connectivity index (χ2n) is 4.86. The van der Waals surface area contributed by atoms with Crippen LogP contribution in [0.1, 0.15) is 15.9 Å². The quantitative estimate of drug-likeness (QED) is 0.842. The Kier molecular flexibility index (Phi) is 4.39. The van der Waals surface area contributed by atoms with Crippen molar-refractivity contribution in [1.29, 1.82) is 0 Å². The molecule has 0 unspecified atom stereocenters. The Balaban J connectivity index is 2.05. The van der Waals surface area contributed by atoms with Gasteiger partial charge in [-0.25, -0.2) is 4.79 Å².